The normalized spacial score (nSPS) is 13.6. The van der Waals surface area contributed by atoms with Gasteiger partial charge in [0.1, 0.15) is 9.71 Å². The number of nitrogens with zero attached hydrogens (tertiary/aromatic N) is 3. The molecule has 2 heterocycles. The number of rotatable bonds is 9. The van der Waals surface area contributed by atoms with Gasteiger partial charge in [-0.05, 0) is 57.1 Å². The molecule has 0 N–H and O–H groups in total. The molecule has 0 aliphatic heterocycles. The van der Waals surface area contributed by atoms with E-state index in [1.165, 1.54) is 53.6 Å². The third-order valence-electron chi connectivity index (χ3n) is 6.01. The zero-order valence-corrected chi connectivity index (χ0v) is 21.4. The third-order valence-corrected chi connectivity index (χ3v) is 8.22. The summed E-state index contributed by atoms with van der Waals surface area (Å²) in [5.74, 6) is -0.0191. The van der Waals surface area contributed by atoms with Gasteiger partial charge in [0.15, 0.2) is 5.16 Å². The van der Waals surface area contributed by atoms with Gasteiger partial charge < -0.3 is 4.74 Å². The lowest BCUT2D eigenvalue weighted by atomic mass is 9.97. The van der Waals surface area contributed by atoms with Gasteiger partial charge in [-0.3, -0.25) is 19.5 Å². The van der Waals surface area contributed by atoms with Gasteiger partial charge >= 0.3 is 5.97 Å². The number of hydrogen-bond donors (Lipinski definition) is 0. The van der Waals surface area contributed by atoms with Crippen molar-refractivity contribution in [3.05, 3.63) is 72.4 Å². The standard InChI is InChI=1S/C25H27N3O5S2/c1-3-33-24(30)21-16(2)20-22(35-21)26-25(34-15-18-10-7-11-19(14-18)28(31)32)27(23(20)29)13-12-17-8-5-4-6-9-17/h7-8,10-11,14H,3-6,9,12-13,15H2,1-2H3. The van der Waals surface area contributed by atoms with Crippen molar-refractivity contribution in [2.45, 2.75) is 63.4 Å². The first-order valence-electron chi connectivity index (χ1n) is 11.6. The first-order chi connectivity index (χ1) is 16.9. The van der Waals surface area contributed by atoms with Crippen molar-refractivity contribution in [3.8, 4) is 0 Å². The van der Waals surface area contributed by atoms with Crippen LogP contribution in [0.3, 0.4) is 0 Å². The van der Waals surface area contributed by atoms with Crippen molar-refractivity contribution in [1.29, 1.82) is 0 Å². The lowest BCUT2D eigenvalue weighted by Gasteiger charge is -2.16. The number of fused-ring (bicyclic) bond motifs is 1. The van der Waals surface area contributed by atoms with E-state index in [1.807, 2.05) is 6.07 Å². The number of esters is 1. The molecule has 1 aliphatic rings. The van der Waals surface area contributed by atoms with Crippen molar-refractivity contribution in [1.82, 2.24) is 9.55 Å². The minimum atomic E-state index is -0.447. The Morgan fingerprint density at radius 2 is 2.17 bits per heavy atom. The number of non-ortho nitro benzene ring substituents is 1. The molecule has 0 saturated carbocycles. The van der Waals surface area contributed by atoms with Crippen molar-refractivity contribution in [2.75, 3.05) is 6.61 Å². The van der Waals surface area contributed by atoms with Crippen LogP contribution in [0.2, 0.25) is 0 Å². The molecule has 1 aromatic carbocycles. The molecule has 184 valence electrons. The van der Waals surface area contributed by atoms with Crippen LogP contribution in [0.25, 0.3) is 10.2 Å². The molecule has 0 radical (unpaired) electrons. The number of carbonyl (C=O) groups is 1. The molecule has 10 heteroatoms. The van der Waals surface area contributed by atoms with E-state index in [4.69, 9.17) is 9.72 Å². The number of nitro benzene ring substituents is 1. The van der Waals surface area contributed by atoms with Crippen LogP contribution in [0.15, 0.2) is 45.9 Å². The molecule has 1 aliphatic carbocycles. The maximum atomic E-state index is 13.6. The third kappa shape index (κ3) is 5.65. The van der Waals surface area contributed by atoms with E-state index >= 15 is 0 Å². The Morgan fingerprint density at radius 3 is 2.89 bits per heavy atom. The van der Waals surface area contributed by atoms with E-state index in [0.29, 0.717) is 38.1 Å². The summed E-state index contributed by atoms with van der Waals surface area (Å²) in [5, 5.41) is 12.1. The van der Waals surface area contributed by atoms with Crippen LogP contribution in [0.4, 0.5) is 5.69 Å². The van der Waals surface area contributed by atoms with Crippen LogP contribution in [0.5, 0.6) is 0 Å². The van der Waals surface area contributed by atoms with Crippen molar-refractivity contribution < 1.29 is 14.5 Å². The zero-order chi connectivity index (χ0) is 24.9. The summed E-state index contributed by atoms with van der Waals surface area (Å²) in [6, 6.07) is 6.47. The van der Waals surface area contributed by atoms with E-state index < -0.39 is 10.9 Å². The van der Waals surface area contributed by atoms with Gasteiger partial charge in [-0.15, -0.1) is 11.3 Å². The molecule has 0 spiro atoms. The summed E-state index contributed by atoms with van der Waals surface area (Å²) in [5.41, 5.74) is 2.59. The predicted octanol–water partition coefficient (Wildman–Crippen LogP) is 6.03. The Morgan fingerprint density at radius 1 is 1.34 bits per heavy atom. The topological polar surface area (TPSA) is 104 Å². The number of nitro groups is 1. The van der Waals surface area contributed by atoms with E-state index in [1.54, 1.807) is 24.5 Å². The van der Waals surface area contributed by atoms with Crippen LogP contribution < -0.4 is 5.56 Å². The van der Waals surface area contributed by atoms with E-state index in [-0.39, 0.29) is 17.9 Å². The smallest absolute Gasteiger partial charge is 0.348 e. The number of thiophene rings is 1. The Bertz CT molecular complexity index is 1360. The van der Waals surface area contributed by atoms with Gasteiger partial charge in [0.05, 0.1) is 16.9 Å². The lowest BCUT2D eigenvalue weighted by Crippen LogP contribution is -2.24. The SMILES string of the molecule is CCOC(=O)c1sc2nc(SCc3cccc([N+](=O)[O-])c3)n(CCC3=CCCCC3)c(=O)c2c1C. The summed E-state index contributed by atoms with van der Waals surface area (Å²) in [7, 11) is 0. The Labute approximate surface area is 211 Å². The van der Waals surface area contributed by atoms with Crippen molar-refractivity contribution in [3.63, 3.8) is 0 Å². The highest BCUT2D eigenvalue weighted by molar-refractivity contribution is 7.98. The van der Waals surface area contributed by atoms with Crippen LogP contribution in [-0.2, 0) is 17.0 Å². The molecule has 0 amide bonds. The monoisotopic (exact) mass is 513 g/mol. The van der Waals surface area contributed by atoms with E-state index in [2.05, 4.69) is 6.08 Å². The molecule has 8 nitrogen and oxygen atoms in total. The number of hydrogen-bond acceptors (Lipinski definition) is 8. The minimum Gasteiger partial charge on any atom is -0.462 e. The fourth-order valence-corrected chi connectivity index (χ4v) is 6.28. The minimum absolute atomic E-state index is 0.0288. The maximum Gasteiger partial charge on any atom is 0.348 e. The van der Waals surface area contributed by atoms with Gasteiger partial charge in [-0.1, -0.05) is 35.5 Å². The summed E-state index contributed by atoms with van der Waals surface area (Å²) >= 11 is 2.54. The first kappa shape index (κ1) is 25.1. The number of aryl methyl sites for hydroxylation is 1. The second-order valence-corrected chi connectivity index (χ2v) is 10.3. The fraction of sp³-hybridized carbons (Fsp3) is 0.400. The Kier molecular flexibility index (Phi) is 8.02. The molecular weight excluding hydrogens is 486 g/mol. The Hall–Kier alpha value is -2.98. The number of aromatic nitrogens is 2. The first-order valence-corrected chi connectivity index (χ1v) is 13.4. The number of allylic oxidation sites excluding steroid dienone is 2. The lowest BCUT2D eigenvalue weighted by molar-refractivity contribution is -0.384. The van der Waals surface area contributed by atoms with Crippen LogP contribution >= 0.6 is 23.1 Å². The van der Waals surface area contributed by atoms with Crippen molar-refractivity contribution in [2.24, 2.45) is 0 Å². The summed E-state index contributed by atoms with van der Waals surface area (Å²) in [6.45, 7) is 4.25. The summed E-state index contributed by atoms with van der Waals surface area (Å²) in [4.78, 5) is 42.5. The predicted molar refractivity (Wildman–Crippen MR) is 138 cm³/mol. The molecular formula is C25H27N3O5S2. The van der Waals surface area contributed by atoms with E-state index in [0.717, 1.165) is 24.8 Å². The molecule has 3 aromatic rings. The van der Waals surface area contributed by atoms with Crippen LogP contribution in [0, 0.1) is 17.0 Å². The maximum absolute atomic E-state index is 13.6. The van der Waals surface area contributed by atoms with Gasteiger partial charge in [0.25, 0.3) is 11.2 Å². The quantitative estimate of drug-likeness (QED) is 0.0858. The molecule has 0 bridgehead atoms. The van der Waals surface area contributed by atoms with Gasteiger partial charge in [0, 0.05) is 24.4 Å². The molecule has 0 fully saturated rings. The molecule has 2 aromatic heterocycles. The van der Waals surface area contributed by atoms with Crippen LogP contribution in [0.1, 0.15) is 59.8 Å². The van der Waals surface area contributed by atoms with Gasteiger partial charge in [-0.25, -0.2) is 9.78 Å². The average Bonchev–Trinajstić information content (AvgIpc) is 3.19. The highest BCUT2D eigenvalue weighted by atomic mass is 32.2. The number of ether oxygens (including phenoxy) is 1. The summed E-state index contributed by atoms with van der Waals surface area (Å²) < 4.78 is 6.86. The number of benzene rings is 1. The fourth-order valence-electron chi connectivity index (χ4n) is 4.19. The second-order valence-electron chi connectivity index (χ2n) is 8.38. The summed E-state index contributed by atoms with van der Waals surface area (Å²) in [6.07, 6.45) is 7.52. The number of carbonyl (C=O) groups excluding carboxylic acids is 1. The molecule has 0 saturated heterocycles. The van der Waals surface area contributed by atoms with Gasteiger partial charge in [-0.2, -0.15) is 0 Å². The molecule has 0 unspecified atom stereocenters. The van der Waals surface area contributed by atoms with Crippen LogP contribution in [-0.4, -0.2) is 27.1 Å². The molecule has 35 heavy (non-hydrogen) atoms. The Balaban J connectivity index is 1.71. The highest BCUT2D eigenvalue weighted by Gasteiger charge is 2.23. The average molecular weight is 514 g/mol. The molecule has 4 rings (SSSR count). The number of thioether (sulfide) groups is 1. The van der Waals surface area contributed by atoms with E-state index in [9.17, 15) is 19.7 Å². The second kappa shape index (κ2) is 11.2. The van der Waals surface area contributed by atoms with Crippen molar-refractivity contribution >= 4 is 45.0 Å². The zero-order valence-electron chi connectivity index (χ0n) is 19.7. The molecule has 0 atom stereocenters. The largest absolute Gasteiger partial charge is 0.462 e. The highest BCUT2D eigenvalue weighted by Crippen LogP contribution is 2.31. The van der Waals surface area contributed by atoms with Gasteiger partial charge in [0.2, 0.25) is 0 Å².